The van der Waals surface area contributed by atoms with Crippen molar-refractivity contribution in [2.24, 2.45) is 7.05 Å². The van der Waals surface area contributed by atoms with Gasteiger partial charge in [-0.15, -0.1) is 6.42 Å². The van der Waals surface area contributed by atoms with E-state index in [-0.39, 0.29) is 0 Å². The Kier molecular flexibility index (Phi) is 6.88. The predicted octanol–water partition coefficient (Wildman–Crippen LogP) is 4.61. The summed E-state index contributed by atoms with van der Waals surface area (Å²) < 4.78 is 12.8. The van der Waals surface area contributed by atoms with E-state index in [1.165, 1.54) is 0 Å². The maximum atomic E-state index is 5.62. The lowest BCUT2D eigenvalue weighted by Gasteiger charge is -2.24. The number of methoxy groups -OCH3 is 2. The van der Waals surface area contributed by atoms with E-state index in [0.29, 0.717) is 23.6 Å². The lowest BCUT2D eigenvalue weighted by Crippen LogP contribution is -2.17. The van der Waals surface area contributed by atoms with Gasteiger partial charge in [0, 0.05) is 66.3 Å². The number of terminal acetylenes is 1. The summed E-state index contributed by atoms with van der Waals surface area (Å²) in [5.41, 5.74) is 6.30. The summed E-state index contributed by atoms with van der Waals surface area (Å²) >= 11 is 0. The first-order valence-corrected chi connectivity index (χ1v) is 11.7. The second kappa shape index (κ2) is 10.7. The maximum absolute atomic E-state index is 5.62. The molecule has 3 heterocycles. The van der Waals surface area contributed by atoms with Gasteiger partial charge < -0.3 is 14.4 Å². The highest BCUT2D eigenvalue weighted by Gasteiger charge is 2.14. The topological polar surface area (TPSA) is 78.2 Å². The molecule has 0 spiro atoms. The normalized spacial score (nSPS) is 10.4. The molecule has 0 atom stereocenters. The molecule has 5 rings (SSSR count). The SMILES string of the molecule is C#Cc1cnccc1C#CCN(c1cc(OC)cc(OC)c1)c1ccc2ncc(-c3cnn(C)c3)nc2c1. The first kappa shape index (κ1) is 24.4. The van der Waals surface area contributed by atoms with Crippen molar-refractivity contribution < 1.29 is 9.47 Å². The van der Waals surface area contributed by atoms with Crippen LogP contribution in [-0.4, -0.2) is 45.5 Å². The summed E-state index contributed by atoms with van der Waals surface area (Å²) in [5, 5.41) is 4.25. The highest BCUT2D eigenvalue weighted by molar-refractivity contribution is 5.83. The zero-order valence-electron chi connectivity index (χ0n) is 21.2. The van der Waals surface area contributed by atoms with Gasteiger partial charge in [-0.25, -0.2) is 4.98 Å². The standard InChI is InChI=1S/C30H24N6O2/c1-5-21-17-31-11-10-22(21)7-6-12-36(25-13-26(37-3)16-27(14-25)38-4)24-8-9-28-29(15-24)34-30(19-32-28)23-18-33-35(2)20-23/h1,8-11,13-20H,12H2,2-4H3. The third-order valence-electron chi connectivity index (χ3n) is 5.92. The third kappa shape index (κ3) is 5.11. The molecule has 0 aliphatic carbocycles. The van der Waals surface area contributed by atoms with E-state index < -0.39 is 0 Å². The molecule has 0 bridgehead atoms. The fourth-order valence-corrected chi connectivity index (χ4v) is 3.97. The second-order valence-electron chi connectivity index (χ2n) is 8.36. The van der Waals surface area contributed by atoms with E-state index >= 15 is 0 Å². The Labute approximate surface area is 220 Å². The van der Waals surface area contributed by atoms with Crippen LogP contribution in [-0.2, 0) is 7.05 Å². The quantitative estimate of drug-likeness (QED) is 0.315. The fourth-order valence-electron chi connectivity index (χ4n) is 3.97. The van der Waals surface area contributed by atoms with Gasteiger partial charge in [0.15, 0.2) is 0 Å². The highest BCUT2D eigenvalue weighted by Crippen LogP contribution is 2.34. The molecule has 38 heavy (non-hydrogen) atoms. The van der Waals surface area contributed by atoms with Crippen LogP contribution in [0.1, 0.15) is 11.1 Å². The Balaban J connectivity index is 1.59. The smallest absolute Gasteiger partial charge is 0.124 e. The molecule has 0 amide bonds. The van der Waals surface area contributed by atoms with Gasteiger partial charge in [-0.05, 0) is 24.3 Å². The van der Waals surface area contributed by atoms with Crippen LogP contribution in [0.4, 0.5) is 11.4 Å². The number of fused-ring (bicyclic) bond motifs is 1. The van der Waals surface area contributed by atoms with Crippen LogP contribution in [0.15, 0.2) is 73.4 Å². The van der Waals surface area contributed by atoms with E-state index in [1.54, 1.807) is 43.7 Å². The van der Waals surface area contributed by atoms with Crippen LogP contribution < -0.4 is 14.4 Å². The first-order valence-electron chi connectivity index (χ1n) is 11.7. The minimum absolute atomic E-state index is 0.365. The lowest BCUT2D eigenvalue weighted by atomic mass is 10.1. The number of hydrogen-bond donors (Lipinski definition) is 0. The van der Waals surface area contributed by atoms with E-state index in [2.05, 4.69) is 37.7 Å². The van der Waals surface area contributed by atoms with Crippen LogP contribution in [0.2, 0.25) is 0 Å². The Morgan fingerprint density at radius 1 is 0.921 bits per heavy atom. The van der Waals surface area contributed by atoms with Crippen LogP contribution >= 0.6 is 0 Å². The largest absolute Gasteiger partial charge is 0.497 e. The maximum Gasteiger partial charge on any atom is 0.124 e. The molecule has 0 aliphatic rings. The van der Waals surface area contributed by atoms with Crippen molar-refractivity contribution in [3.05, 3.63) is 84.6 Å². The Morgan fingerprint density at radius 2 is 1.74 bits per heavy atom. The summed E-state index contributed by atoms with van der Waals surface area (Å²) in [7, 11) is 5.12. The molecule has 0 saturated carbocycles. The van der Waals surface area contributed by atoms with Crippen molar-refractivity contribution in [1.29, 1.82) is 0 Å². The molecule has 0 unspecified atom stereocenters. The zero-order chi connectivity index (χ0) is 26.5. The Morgan fingerprint density at radius 3 is 2.45 bits per heavy atom. The molecule has 8 heteroatoms. The van der Waals surface area contributed by atoms with Gasteiger partial charge in [0.25, 0.3) is 0 Å². The molecule has 8 nitrogen and oxygen atoms in total. The summed E-state index contributed by atoms with van der Waals surface area (Å²) in [6.45, 7) is 0.365. The van der Waals surface area contributed by atoms with E-state index in [1.807, 2.05) is 55.7 Å². The van der Waals surface area contributed by atoms with Crippen molar-refractivity contribution in [1.82, 2.24) is 24.7 Å². The minimum Gasteiger partial charge on any atom is -0.497 e. The van der Waals surface area contributed by atoms with Gasteiger partial charge in [-0.3, -0.25) is 14.6 Å². The van der Waals surface area contributed by atoms with Gasteiger partial charge in [-0.1, -0.05) is 17.8 Å². The summed E-state index contributed by atoms with van der Waals surface area (Å²) in [6.07, 6.45) is 14.4. The van der Waals surface area contributed by atoms with Crippen molar-refractivity contribution >= 4 is 22.4 Å². The predicted molar refractivity (Wildman–Crippen MR) is 147 cm³/mol. The number of hydrogen-bond acceptors (Lipinski definition) is 7. The van der Waals surface area contributed by atoms with Gasteiger partial charge in [0.2, 0.25) is 0 Å². The number of aryl methyl sites for hydroxylation is 1. The van der Waals surface area contributed by atoms with E-state index in [4.69, 9.17) is 20.9 Å². The van der Waals surface area contributed by atoms with Crippen molar-refractivity contribution in [2.45, 2.75) is 0 Å². The molecular weight excluding hydrogens is 476 g/mol. The molecule has 0 saturated heterocycles. The minimum atomic E-state index is 0.365. The second-order valence-corrected chi connectivity index (χ2v) is 8.36. The van der Waals surface area contributed by atoms with Gasteiger partial charge in [-0.2, -0.15) is 5.10 Å². The highest BCUT2D eigenvalue weighted by atomic mass is 16.5. The molecular formula is C30H24N6O2. The average Bonchev–Trinajstić information content (AvgIpc) is 3.40. The van der Waals surface area contributed by atoms with E-state index in [0.717, 1.165) is 39.2 Å². The molecule has 0 radical (unpaired) electrons. The number of anilines is 2. The molecule has 0 aliphatic heterocycles. The van der Waals surface area contributed by atoms with Gasteiger partial charge in [0.05, 0.1) is 55.4 Å². The van der Waals surface area contributed by atoms with E-state index in [9.17, 15) is 0 Å². The van der Waals surface area contributed by atoms with Gasteiger partial charge >= 0.3 is 0 Å². The fraction of sp³-hybridized carbons (Fsp3) is 0.133. The Bertz CT molecular complexity index is 1700. The zero-order valence-corrected chi connectivity index (χ0v) is 21.2. The number of rotatable bonds is 6. The van der Waals surface area contributed by atoms with Crippen molar-refractivity contribution in [3.63, 3.8) is 0 Å². The molecule has 186 valence electrons. The summed E-state index contributed by atoms with van der Waals surface area (Å²) in [4.78, 5) is 15.6. The molecule has 5 aromatic rings. The molecule has 3 aromatic heterocycles. The van der Waals surface area contributed by atoms with Crippen LogP contribution in [0.5, 0.6) is 11.5 Å². The summed E-state index contributed by atoms with van der Waals surface area (Å²) in [6, 6.07) is 13.4. The molecule has 0 N–H and O–H groups in total. The number of nitrogens with zero attached hydrogens (tertiary/aromatic N) is 6. The van der Waals surface area contributed by atoms with Crippen molar-refractivity contribution in [2.75, 3.05) is 25.7 Å². The Hall–Kier alpha value is -5.34. The monoisotopic (exact) mass is 500 g/mol. The summed E-state index contributed by atoms with van der Waals surface area (Å²) in [5.74, 6) is 10.4. The number of pyridine rings is 1. The molecule has 2 aromatic carbocycles. The third-order valence-corrected chi connectivity index (χ3v) is 5.92. The number of benzene rings is 2. The van der Waals surface area contributed by atoms with Crippen molar-refractivity contribution in [3.8, 4) is 46.9 Å². The average molecular weight is 501 g/mol. The molecule has 0 fully saturated rings. The van der Waals surface area contributed by atoms with Crippen LogP contribution in [0, 0.1) is 24.2 Å². The van der Waals surface area contributed by atoms with Gasteiger partial charge in [0.1, 0.15) is 11.5 Å². The van der Waals surface area contributed by atoms with Crippen LogP contribution in [0.25, 0.3) is 22.3 Å². The van der Waals surface area contributed by atoms with Crippen LogP contribution in [0.3, 0.4) is 0 Å². The lowest BCUT2D eigenvalue weighted by molar-refractivity contribution is 0.394. The number of ether oxygens (including phenoxy) is 2. The first-order chi connectivity index (χ1) is 18.6. The number of aromatic nitrogens is 5.